The zero-order chi connectivity index (χ0) is 15.6. The molecule has 0 aliphatic carbocycles. The Bertz CT molecular complexity index is 763. The molecular weight excluding hydrogens is 280 g/mol. The molecular formula is C21H20N2. The van der Waals surface area contributed by atoms with Crippen molar-refractivity contribution in [3.8, 4) is 0 Å². The maximum Gasteiger partial charge on any atom is 0.0620 e. The molecule has 0 unspecified atom stereocenters. The number of para-hydroxylation sites is 2. The number of nitrogens with one attached hydrogen (secondary N) is 1. The molecule has 0 fully saturated rings. The molecule has 4 rings (SSSR count). The minimum Gasteiger partial charge on any atom is -0.344 e. The van der Waals surface area contributed by atoms with E-state index in [1.165, 1.54) is 28.1 Å². The second kappa shape index (κ2) is 5.90. The Balaban J connectivity index is 1.72. The SMILES string of the molecule is CN1c2ccccc2C(NCc2ccccc2)c2ccccc21. The summed E-state index contributed by atoms with van der Waals surface area (Å²) in [5.74, 6) is 0. The summed E-state index contributed by atoms with van der Waals surface area (Å²) in [6.07, 6.45) is 0. The lowest BCUT2D eigenvalue weighted by atomic mass is 9.90. The fraction of sp³-hybridized carbons (Fsp3) is 0.143. The minimum atomic E-state index is 0.221. The number of benzene rings is 3. The Morgan fingerprint density at radius 1 is 0.739 bits per heavy atom. The molecule has 114 valence electrons. The smallest absolute Gasteiger partial charge is 0.0620 e. The lowest BCUT2D eigenvalue weighted by Crippen LogP contribution is -2.29. The molecule has 0 spiro atoms. The van der Waals surface area contributed by atoms with Crippen molar-refractivity contribution in [1.82, 2.24) is 5.32 Å². The molecule has 0 aromatic heterocycles. The van der Waals surface area contributed by atoms with Gasteiger partial charge < -0.3 is 10.2 Å². The van der Waals surface area contributed by atoms with Crippen LogP contribution in [0.3, 0.4) is 0 Å². The summed E-state index contributed by atoms with van der Waals surface area (Å²) < 4.78 is 0. The van der Waals surface area contributed by atoms with Crippen LogP contribution < -0.4 is 10.2 Å². The zero-order valence-corrected chi connectivity index (χ0v) is 13.2. The Morgan fingerprint density at radius 2 is 1.26 bits per heavy atom. The predicted molar refractivity (Wildman–Crippen MR) is 96.1 cm³/mol. The lowest BCUT2D eigenvalue weighted by molar-refractivity contribution is 0.599. The van der Waals surface area contributed by atoms with Crippen molar-refractivity contribution in [2.24, 2.45) is 0 Å². The average Bonchev–Trinajstić information content (AvgIpc) is 2.63. The van der Waals surface area contributed by atoms with E-state index in [-0.39, 0.29) is 6.04 Å². The standard InChI is InChI=1S/C21H20N2/c1-23-19-13-7-5-11-17(19)21(18-12-6-8-14-20(18)23)22-15-16-9-3-2-4-10-16/h2-14,21-22H,15H2,1H3. The summed E-state index contributed by atoms with van der Waals surface area (Å²) in [6.45, 7) is 0.859. The van der Waals surface area contributed by atoms with Crippen LogP contribution in [-0.4, -0.2) is 7.05 Å². The summed E-state index contributed by atoms with van der Waals surface area (Å²) in [6, 6.07) is 28.1. The predicted octanol–water partition coefficient (Wildman–Crippen LogP) is 4.65. The van der Waals surface area contributed by atoms with Crippen LogP contribution in [0.1, 0.15) is 22.7 Å². The van der Waals surface area contributed by atoms with Gasteiger partial charge in [-0.15, -0.1) is 0 Å². The fourth-order valence-corrected chi connectivity index (χ4v) is 3.41. The van der Waals surface area contributed by atoms with Crippen LogP contribution >= 0.6 is 0 Å². The molecule has 0 saturated carbocycles. The van der Waals surface area contributed by atoms with Crippen molar-refractivity contribution in [1.29, 1.82) is 0 Å². The molecule has 1 N–H and O–H groups in total. The average molecular weight is 300 g/mol. The molecule has 2 nitrogen and oxygen atoms in total. The normalized spacial score (nSPS) is 13.5. The zero-order valence-electron chi connectivity index (χ0n) is 13.2. The first-order valence-corrected chi connectivity index (χ1v) is 8.03. The van der Waals surface area contributed by atoms with Crippen molar-refractivity contribution in [3.05, 3.63) is 95.6 Å². The lowest BCUT2D eigenvalue weighted by Gasteiger charge is -2.35. The van der Waals surface area contributed by atoms with E-state index in [9.17, 15) is 0 Å². The minimum absolute atomic E-state index is 0.221. The van der Waals surface area contributed by atoms with Crippen LogP contribution in [0.4, 0.5) is 11.4 Å². The Hall–Kier alpha value is -2.58. The second-order valence-corrected chi connectivity index (χ2v) is 5.98. The maximum absolute atomic E-state index is 3.74. The summed E-state index contributed by atoms with van der Waals surface area (Å²) >= 11 is 0. The van der Waals surface area contributed by atoms with Crippen LogP contribution in [-0.2, 0) is 6.54 Å². The van der Waals surface area contributed by atoms with Gasteiger partial charge in [0, 0.05) is 25.0 Å². The van der Waals surface area contributed by atoms with Gasteiger partial charge in [-0.05, 0) is 28.8 Å². The molecule has 3 aromatic rings. The van der Waals surface area contributed by atoms with Gasteiger partial charge >= 0.3 is 0 Å². The molecule has 1 aliphatic rings. The van der Waals surface area contributed by atoms with Gasteiger partial charge in [0.05, 0.1) is 6.04 Å². The molecule has 1 aliphatic heterocycles. The molecule has 3 aromatic carbocycles. The first-order valence-electron chi connectivity index (χ1n) is 8.03. The number of fused-ring (bicyclic) bond motifs is 2. The molecule has 2 heteroatoms. The van der Waals surface area contributed by atoms with Gasteiger partial charge in [0.2, 0.25) is 0 Å². The maximum atomic E-state index is 3.74. The van der Waals surface area contributed by atoms with E-state index in [0.717, 1.165) is 6.54 Å². The van der Waals surface area contributed by atoms with E-state index in [1.807, 2.05) is 0 Å². The quantitative estimate of drug-likeness (QED) is 0.757. The van der Waals surface area contributed by atoms with Gasteiger partial charge in [0.1, 0.15) is 0 Å². The van der Waals surface area contributed by atoms with Crippen molar-refractivity contribution < 1.29 is 0 Å². The molecule has 0 amide bonds. The topological polar surface area (TPSA) is 15.3 Å². The van der Waals surface area contributed by atoms with Crippen LogP contribution in [0.25, 0.3) is 0 Å². The van der Waals surface area contributed by atoms with Crippen molar-refractivity contribution in [2.75, 3.05) is 11.9 Å². The second-order valence-electron chi connectivity index (χ2n) is 5.98. The molecule has 0 atom stereocenters. The first kappa shape index (κ1) is 14.0. The molecule has 0 saturated heterocycles. The summed E-state index contributed by atoms with van der Waals surface area (Å²) in [5, 5.41) is 3.74. The van der Waals surface area contributed by atoms with Gasteiger partial charge in [0.25, 0.3) is 0 Å². The van der Waals surface area contributed by atoms with Crippen molar-refractivity contribution in [2.45, 2.75) is 12.6 Å². The Labute approximate surface area is 137 Å². The number of nitrogens with zero attached hydrogens (tertiary/aromatic N) is 1. The van der Waals surface area contributed by atoms with E-state index < -0.39 is 0 Å². The first-order chi connectivity index (χ1) is 11.3. The summed E-state index contributed by atoms with van der Waals surface area (Å²) in [7, 11) is 2.14. The third kappa shape index (κ3) is 2.51. The highest BCUT2D eigenvalue weighted by atomic mass is 15.1. The Morgan fingerprint density at radius 3 is 1.87 bits per heavy atom. The highest BCUT2D eigenvalue weighted by Crippen LogP contribution is 2.43. The highest BCUT2D eigenvalue weighted by molar-refractivity contribution is 5.75. The summed E-state index contributed by atoms with van der Waals surface area (Å²) in [4.78, 5) is 2.28. The Kier molecular flexibility index (Phi) is 3.60. The van der Waals surface area contributed by atoms with E-state index in [4.69, 9.17) is 0 Å². The molecule has 0 radical (unpaired) electrons. The number of anilines is 2. The highest BCUT2D eigenvalue weighted by Gasteiger charge is 2.27. The molecule has 1 heterocycles. The number of hydrogen-bond donors (Lipinski definition) is 1. The van der Waals surface area contributed by atoms with Crippen molar-refractivity contribution >= 4 is 11.4 Å². The largest absolute Gasteiger partial charge is 0.344 e. The van der Waals surface area contributed by atoms with Gasteiger partial charge in [0.15, 0.2) is 0 Å². The third-order valence-electron chi connectivity index (χ3n) is 4.57. The summed E-state index contributed by atoms with van der Waals surface area (Å²) in [5.41, 5.74) is 6.53. The number of rotatable bonds is 3. The van der Waals surface area contributed by atoms with E-state index >= 15 is 0 Å². The van der Waals surface area contributed by atoms with Gasteiger partial charge in [-0.2, -0.15) is 0 Å². The van der Waals surface area contributed by atoms with E-state index in [1.54, 1.807) is 0 Å². The third-order valence-corrected chi connectivity index (χ3v) is 4.57. The fourth-order valence-electron chi connectivity index (χ4n) is 3.41. The van der Waals surface area contributed by atoms with Crippen LogP contribution in [0.5, 0.6) is 0 Å². The van der Waals surface area contributed by atoms with Crippen LogP contribution in [0, 0.1) is 0 Å². The monoisotopic (exact) mass is 300 g/mol. The van der Waals surface area contributed by atoms with Gasteiger partial charge in [-0.1, -0.05) is 66.7 Å². The van der Waals surface area contributed by atoms with E-state index in [0.29, 0.717) is 0 Å². The van der Waals surface area contributed by atoms with E-state index in [2.05, 4.69) is 96.1 Å². The molecule has 23 heavy (non-hydrogen) atoms. The van der Waals surface area contributed by atoms with Crippen molar-refractivity contribution in [3.63, 3.8) is 0 Å². The van der Waals surface area contributed by atoms with Gasteiger partial charge in [-0.3, -0.25) is 0 Å². The molecule has 0 bridgehead atoms. The number of hydrogen-bond acceptors (Lipinski definition) is 2. The van der Waals surface area contributed by atoms with Crippen LogP contribution in [0.2, 0.25) is 0 Å². The van der Waals surface area contributed by atoms with Gasteiger partial charge in [-0.25, -0.2) is 0 Å². The van der Waals surface area contributed by atoms with Crippen LogP contribution in [0.15, 0.2) is 78.9 Å².